The molecule has 4 nitrogen and oxygen atoms in total. The van der Waals surface area contributed by atoms with Crippen LogP contribution in [-0.2, 0) is 19.7 Å². The van der Waals surface area contributed by atoms with Gasteiger partial charge in [0, 0.05) is 0 Å². The average molecular weight is 281 g/mol. The molecule has 0 radical (unpaired) electrons. The van der Waals surface area contributed by atoms with E-state index in [0.29, 0.717) is 0 Å². The van der Waals surface area contributed by atoms with Gasteiger partial charge in [-0.1, -0.05) is 37.0 Å². The summed E-state index contributed by atoms with van der Waals surface area (Å²) in [6.45, 7) is 2.70. The van der Waals surface area contributed by atoms with E-state index in [9.17, 15) is 16.8 Å². The Hall–Kier alpha value is 0.220. The van der Waals surface area contributed by atoms with E-state index in [1.165, 1.54) is 13.8 Å². The molecule has 0 atom stereocenters. The molecule has 0 aromatic heterocycles. The van der Waals surface area contributed by atoms with Gasteiger partial charge < -0.3 is 0 Å². The van der Waals surface area contributed by atoms with Gasteiger partial charge in [0.05, 0.1) is 11.5 Å². The molecule has 0 aromatic rings. The first-order valence-corrected chi connectivity index (χ1v) is 7.75. The summed E-state index contributed by atoms with van der Waals surface area (Å²) < 4.78 is 43.1. The minimum atomic E-state index is -3.76. The molecule has 0 saturated heterocycles. The maximum absolute atomic E-state index is 11.2. The van der Waals surface area contributed by atoms with Crippen molar-refractivity contribution < 1.29 is 16.8 Å². The second-order valence-electron chi connectivity index (χ2n) is 2.35. The van der Waals surface area contributed by atoms with Crippen molar-refractivity contribution in [3.8, 4) is 0 Å². The topological polar surface area (TPSA) is 68.3 Å². The molecule has 0 aliphatic heterocycles. The fraction of sp³-hybridized carbons (Fsp3) is 0.667. The zero-order valence-electron chi connectivity index (χ0n) is 7.62. The van der Waals surface area contributed by atoms with Crippen LogP contribution in [0.2, 0.25) is 0 Å². The van der Waals surface area contributed by atoms with E-state index in [4.69, 9.17) is 23.2 Å². The minimum Gasteiger partial charge on any atom is -0.223 e. The van der Waals surface area contributed by atoms with Crippen molar-refractivity contribution in [1.82, 2.24) is 0 Å². The molecule has 0 rings (SSSR count). The predicted molar refractivity (Wildman–Crippen MR) is 57.7 cm³/mol. The molecule has 0 heterocycles. The molecule has 0 bridgehead atoms. The summed E-state index contributed by atoms with van der Waals surface area (Å²) in [5, 5.41) is 0. The minimum absolute atomic E-state index is 0.290. The Morgan fingerprint density at radius 3 is 1.21 bits per heavy atom. The van der Waals surface area contributed by atoms with E-state index in [-0.39, 0.29) is 11.5 Å². The number of hydrogen-bond acceptors (Lipinski definition) is 4. The fourth-order valence-corrected chi connectivity index (χ4v) is 3.62. The second kappa shape index (κ2) is 4.83. The fourth-order valence-electron chi connectivity index (χ4n) is 0.498. The van der Waals surface area contributed by atoms with Crippen molar-refractivity contribution >= 4 is 42.9 Å². The van der Waals surface area contributed by atoms with E-state index in [1.807, 2.05) is 0 Å². The van der Waals surface area contributed by atoms with Crippen LogP contribution >= 0.6 is 23.2 Å². The van der Waals surface area contributed by atoms with Gasteiger partial charge in [-0.05, 0) is 0 Å². The van der Waals surface area contributed by atoms with E-state index < -0.39 is 28.4 Å². The molecule has 0 amide bonds. The molecule has 0 fully saturated rings. The summed E-state index contributed by atoms with van der Waals surface area (Å²) in [6.07, 6.45) is 0. The lowest BCUT2D eigenvalue weighted by molar-refractivity contribution is 0.600. The third-order valence-corrected chi connectivity index (χ3v) is 6.72. The molecule has 0 aliphatic carbocycles. The van der Waals surface area contributed by atoms with Crippen LogP contribution < -0.4 is 0 Å². The first kappa shape index (κ1) is 14.2. The van der Waals surface area contributed by atoms with Gasteiger partial charge in [-0.3, -0.25) is 0 Å². The quantitative estimate of drug-likeness (QED) is 0.782. The summed E-state index contributed by atoms with van der Waals surface area (Å²) in [4.78, 5) is 0. The summed E-state index contributed by atoms with van der Waals surface area (Å²) in [5.74, 6) is -0.581. The number of sulfone groups is 2. The van der Waals surface area contributed by atoms with Crippen molar-refractivity contribution in [2.45, 2.75) is 13.8 Å². The molecule has 84 valence electrons. The Bertz CT molecular complexity index is 390. The maximum atomic E-state index is 11.2. The second-order valence-corrected chi connectivity index (χ2v) is 7.99. The maximum Gasteiger partial charge on any atom is 0.191 e. The Labute approximate surface area is 93.7 Å². The first-order chi connectivity index (χ1) is 6.19. The predicted octanol–water partition coefficient (Wildman–Crippen LogP) is 1.46. The summed E-state index contributed by atoms with van der Waals surface area (Å²) in [7, 11) is -7.51. The Kier molecular flexibility index (Phi) is 4.90. The Morgan fingerprint density at radius 2 is 1.07 bits per heavy atom. The molecule has 0 N–H and O–H groups in total. The average Bonchev–Trinajstić information content (AvgIpc) is 2.15. The van der Waals surface area contributed by atoms with Crippen LogP contribution in [0.4, 0.5) is 0 Å². The van der Waals surface area contributed by atoms with E-state index in [1.54, 1.807) is 0 Å². The Balaban J connectivity index is 5.60. The van der Waals surface area contributed by atoms with Gasteiger partial charge in [0.25, 0.3) is 0 Å². The van der Waals surface area contributed by atoms with Crippen molar-refractivity contribution in [2.75, 3.05) is 11.5 Å². The van der Waals surface area contributed by atoms with E-state index in [0.717, 1.165) is 0 Å². The normalized spacial score (nSPS) is 15.1. The number of halogens is 2. The molecule has 14 heavy (non-hydrogen) atoms. The Morgan fingerprint density at radius 1 is 0.857 bits per heavy atom. The molecule has 0 unspecified atom stereocenters. The van der Waals surface area contributed by atoms with Crippen LogP contribution in [0.25, 0.3) is 0 Å². The monoisotopic (exact) mass is 280 g/mol. The van der Waals surface area contributed by atoms with Crippen molar-refractivity contribution in [3.63, 3.8) is 0 Å². The highest BCUT2D eigenvalue weighted by Gasteiger charge is 2.25. The van der Waals surface area contributed by atoms with Crippen molar-refractivity contribution in [2.24, 2.45) is 0 Å². The lowest BCUT2D eigenvalue weighted by atomic mass is 11.0. The summed E-state index contributed by atoms with van der Waals surface area (Å²) in [6, 6.07) is 0. The highest BCUT2D eigenvalue weighted by atomic mass is 35.5. The van der Waals surface area contributed by atoms with Crippen LogP contribution in [0.5, 0.6) is 0 Å². The zero-order chi connectivity index (χ0) is 11.6. The molecule has 0 aromatic carbocycles. The van der Waals surface area contributed by atoms with Gasteiger partial charge in [-0.25, -0.2) is 16.8 Å². The SMILES string of the molecule is CCS(=O)(=O)C(Cl)=C(Cl)S(=O)(=O)CC. The van der Waals surface area contributed by atoms with Crippen LogP contribution in [0, 0.1) is 0 Å². The van der Waals surface area contributed by atoms with Gasteiger partial charge in [0.15, 0.2) is 28.4 Å². The molecular weight excluding hydrogens is 271 g/mol. The summed E-state index contributed by atoms with van der Waals surface area (Å²) >= 11 is 10.7. The standard InChI is InChI=1S/C6H10Cl2O4S2/c1-3-13(9,10)5(7)6(8)14(11,12)4-2/h3-4H2,1-2H3. The first-order valence-electron chi connectivity index (χ1n) is 3.69. The molecule has 0 saturated carbocycles. The highest BCUT2D eigenvalue weighted by molar-refractivity contribution is 8.01. The van der Waals surface area contributed by atoms with Gasteiger partial charge in [0.2, 0.25) is 0 Å². The van der Waals surface area contributed by atoms with Crippen molar-refractivity contribution in [3.05, 3.63) is 8.73 Å². The van der Waals surface area contributed by atoms with Crippen molar-refractivity contribution in [1.29, 1.82) is 0 Å². The lowest BCUT2D eigenvalue weighted by Crippen LogP contribution is -2.10. The highest BCUT2D eigenvalue weighted by Crippen LogP contribution is 2.25. The smallest absolute Gasteiger partial charge is 0.191 e. The zero-order valence-corrected chi connectivity index (χ0v) is 10.8. The number of hydrogen-bond donors (Lipinski definition) is 0. The van der Waals surface area contributed by atoms with Crippen LogP contribution in [-0.4, -0.2) is 28.3 Å². The number of rotatable bonds is 4. The lowest BCUT2D eigenvalue weighted by Gasteiger charge is -2.03. The van der Waals surface area contributed by atoms with Crippen LogP contribution in [0.3, 0.4) is 0 Å². The van der Waals surface area contributed by atoms with Crippen LogP contribution in [0.15, 0.2) is 8.73 Å². The third-order valence-electron chi connectivity index (χ3n) is 1.46. The molecule has 8 heteroatoms. The van der Waals surface area contributed by atoms with E-state index in [2.05, 4.69) is 0 Å². The van der Waals surface area contributed by atoms with Gasteiger partial charge in [0.1, 0.15) is 0 Å². The molecule has 0 aliphatic rings. The molecular formula is C6H10Cl2O4S2. The third kappa shape index (κ3) is 3.12. The van der Waals surface area contributed by atoms with Gasteiger partial charge in [-0.2, -0.15) is 0 Å². The van der Waals surface area contributed by atoms with Crippen LogP contribution in [0.1, 0.15) is 13.8 Å². The van der Waals surface area contributed by atoms with Gasteiger partial charge in [-0.15, -0.1) is 0 Å². The summed E-state index contributed by atoms with van der Waals surface area (Å²) in [5.41, 5.74) is 0. The largest absolute Gasteiger partial charge is 0.223 e. The molecule has 0 spiro atoms. The van der Waals surface area contributed by atoms with E-state index >= 15 is 0 Å². The van der Waals surface area contributed by atoms with Gasteiger partial charge >= 0.3 is 0 Å².